The van der Waals surface area contributed by atoms with Crippen molar-refractivity contribution in [2.24, 2.45) is 13.0 Å². The second kappa shape index (κ2) is 4.00. The van der Waals surface area contributed by atoms with E-state index in [1.807, 2.05) is 17.8 Å². The molecule has 0 aliphatic heterocycles. The SMILES string of the molecule is Cn1ccnc1NC1CCCC1CO. The van der Waals surface area contributed by atoms with Crippen LogP contribution in [0.5, 0.6) is 0 Å². The van der Waals surface area contributed by atoms with E-state index in [2.05, 4.69) is 10.3 Å². The Bertz CT molecular complexity index is 297. The highest BCUT2D eigenvalue weighted by Crippen LogP contribution is 2.27. The molecule has 1 fully saturated rings. The number of nitrogens with one attached hydrogen (secondary N) is 1. The Labute approximate surface area is 84.0 Å². The highest BCUT2D eigenvalue weighted by molar-refractivity contribution is 5.27. The van der Waals surface area contributed by atoms with Crippen LogP contribution in [0.3, 0.4) is 0 Å². The van der Waals surface area contributed by atoms with Crippen molar-refractivity contribution in [1.82, 2.24) is 9.55 Å². The molecule has 4 heteroatoms. The lowest BCUT2D eigenvalue weighted by Crippen LogP contribution is -2.27. The van der Waals surface area contributed by atoms with Crippen LogP contribution in [-0.2, 0) is 7.05 Å². The quantitative estimate of drug-likeness (QED) is 0.756. The summed E-state index contributed by atoms with van der Waals surface area (Å²) < 4.78 is 1.97. The van der Waals surface area contributed by atoms with Crippen molar-refractivity contribution in [2.75, 3.05) is 11.9 Å². The first-order valence-electron chi connectivity index (χ1n) is 5.16. The van der Waals surface area contributed by atoms with Crippen LogP contribution in [0.4, 0.5) is 5.95 Å². The molecule has 1 aromatic rings. The number of hydrogen-bond acceptors (Lipinski definition) is 3. The fourth-order valence-electron chi connectivity index (χ4n) is 2.12. The maximum Gasteiger partial charge on any atom is 0.202 e. The number of rotatable bonds is 3. The van der Waals surface area contributed by atoms with Gasteiger partial charge in [0.1, 0.15) is 0 Å². The van der Waals surface area contributed by atoms with Crippen molar-refractivity contribution in [1.29, 1.82) is 0 Å². The Hall–Kier alpha value is -1.03. The number of aryl methyl sites for hydroxylation is 1. The van der Waals surface area contributed by atoms with Gasteiger partial charge in [-0.15, -0.1) is 0 Å². The van der Waals surface area contributed by atoms with E-state index in [-0.39, 0.29) is 6.61 Å². The highest BCUT2D eigenvalue weighted by Gasteiger charge is 2.26. The van der Waals surface area contributed by atoms with E-state index in [9.17, 15) is 0 Å². The Morgan fingerprint density at radius 1 is 1.64 bits per heavy atom. The van der Waals surface area contributed by atoms with Crippen molar-refractivity contribution in [2.45, 2.75) is 25.3 Å². The molecule has 78 valence electrons. The number of anilines is 1. The maximum atomic E-state index is 9.17. The molecular formula is C10H17N3O. The van der Waals surface area contributed by atoms with Gasteiger partial charge >= 0.3 is 0 Å². The standard InChI is InChI=1S/C10H17N3O/c1-13-6-5-11-10(13)12-9-4-2-3-8(9)7-14/h5-6,8-9,14H,2-4,7H2,1H3,(H,11,12). The van der Waals surface area contributed by atoms with Crippen LogP contribution in [-0.4, -0.2) is 27.3 Å². The van der Waals surface area contributed by atoms with Crippen molar-refractivity contribution < 1.29 is 5.11 Å². The number of aromatic nitrogens is 2. The van der Waals surface area contributed by atoms with Gasteiger partial charge < -0.3 is 15.0 Å². The molecule has 0 bridgehead atoms. The third kappa shape index (κ3) is 1.75. The minimum absolute atomic E-state index is 0.280. The van der Waals surface area contributed by atoms with Crippen LogP contribution in [0.25, 0.3) is 0 Å². The van der Waals surface area contributed by atoms with Gasteiger partial charge in [0.2, 0.25) is 5.95 Å². The van der Waals surface area contributed by atoms with Crippen LogP contribution >= 0.6 is 0 Å². The van der Waals surface area contributed by atoms with Crippen LogP contribution in [0.2, 0.25) is 0 Å². The molecule has 0 radical (unpaired) electrons. The molecule has 2 N–H and O–H groups in total. The zero-order chi connectivity index (χ0) is 9.97. The lowest BCUT2D eigenvalue weighted by Gasteiger charge is -2.19. The molecule has 2 unspecified atom stereocenters. The zero-order valence-corrected chi connectivity index (χ0v) is 8.48. The fourth-order valence-corrected chi connectivity index (χ4v) is 2.12. The summed E-state index contributed by atoms with van der Waals surface area (Å²) in [4.78, 5) is 4.22. The summed E-state index contributed by atoms with van der Waals surface area (Å²) in [7, 11) is 1.97. The minimum atomic E-state index is 0.280. The summed E-state index contributed by atoms with van der Waals surface area (Å²) in [5, 5.41) is 12.5. The average molecular weight is 195 g/mol. The van der Waals surface area contributed by atoms with Gasteiger partial charge in [-0.3, -0.25) is 0 Å². The number of imidazole rings is 1. The largest absolute Gasteiger partial charge is 0.396 e. The maximum absolute atomic E-state index is 9.17. The summed E-state index contributed by atoms with van der Waals surface area (Å²) in [5.41, 5.74) is 0. The highest BCUT2D eigenvalue weighted by atomic mass is 16.3. The molecule has 4 nitrogen and oxygen atoms in total. The first kappa shape index (κ1) is 9.52. The summed E-state index contributed by atoms with van der Waals surface area (Å²) in [6.45, 7) is 0.280. The summed E-state index contributed by atoms with van der Waals surface area (Å²) in [6.07, 6.45) is 7.17. The van der Waals surface area contributed by atoms with Gasteiger partial charge in [-0.25, -0.2) is 4.98 Å². The molecule has 0 saturated heterocycles. The number of aliphatic hydroxyl groups is 1. The van der Waals surface area contributed by atoms with Gasteiger partial charge in [0.15, 0.2) is 0 Å². The third-order valence-corrected chi connectivity index (χ3v) is 3.03. The van der Waals surface area contributed by atoms with Crippen LogP contribution in [0.1, 0.15) is 19.3 Å². The normalized spacial score (nSPS) is 26.7. The lowest BCUT2D eigenvalue weighted by molar-refractivity contribution is 0.222. The Morgan fingerprint density at radius 2 is 2.50 bits per heavy atom. The van der Waals surface area contributed by atoms with Gasteiger partial charge in [-0.1, -0.05) is 6.42 Å². The smallest absolute Gasteiger partial charge is 0.202 e. The first-order chi connectivity index (χ1) is 6.81. The zero-order valence-electron chi connectivity index (χ0n) is 8.48. The Morgan fingerprint density at radius 3 is 3.14 bits per heavy atom. The fraction of sp³-hybridized carbons (Fsp3) is 0.700. The molecule has 1 aliphatic rings. The number of nitrogens with zero attached hydrogens (tertiary/aromatic N) is 2. The third-order valence-electron chi connectivity index (χ3n) is 3.03. The summed E-state index contributed by atoms with van der Waals surface area (Å²) in [6, 6.07) is 0.390. The van der Waals surface area contributed by atoms with Gasteiger partial charge in [-0.05, 0) is 12.8 Å². The van der Waals surface area contributed by atoms with Gasteiger partial charge in [0.05, 0.1) is 0 Å². The molecule has 0 aromatic carbocycles. The van der Waals surface area contributed by atoms with Crippen molar-refractivity contribution in [3.8, 4) is 0 Å². The van der Waals surface area contributed by atoms with E-state index >= 15 is 0 Å². The van der Waals surface area contributed by atoms with Crippen molar-refractivity contribution >= 4 is 5.95 Å². The molecule has 14 heavy (non-hydrogen) atoms. The van der Waals surface area contributed by atoms with E-state index in [4.69, 9.17) is 5.11 Å². The molecular weight excluding hydrogens is 178 g/mol. The molecule has 1 heterocycles. The molecule has 1 aromatic heterocycles. The topological polar surface area (TPSA) is 50.1 Å². The summed E-state index contributed by atoms with van der Waals surface area (Å²) in [5.74, 6) is 1.29. The molecule has 0 spiro atoms. The lowest BCUT2D eigenvalue weighted by atomic mass is 10.1. The van der Waals surface area contributed by atoms with Crippen LogP contribution < -0.4 is 5.32 Å². The molecule has 0 amide bonds. The van der Waals surface area contributed by atoms with E-state index in [0.29, 0.717) is 12.0 Å². The van der Waals surface area contributed by atoms with E-state index in [1.165, 1.54) is 6.42 Å². The molecule has 1 aliphatic carbocycles. The average Bonchev–Trinajstić information content (AvgIpc) is 2.77. The molecule has 2 rings (SSSR count). The second-order valence-corrected chi connectivity index (χ2v) is 3.99. The van der Waals surface area contributed by atoms with E-state index in [0.717, 1.165) is 18.8 Å². The predicted molar refractivity (Wildman–Crippen MR) is 55.0 cm³/mol. The van der Waals surface area contributed by atoms with Gasteiger partial charge in [0, 0.05) is 38.0 Å². The summed E-state index contributed by atoms with van der Waals surface area (Å²) >= 11 is 0. The number of aliphatic hydroxyl groups excluding tert-OH is 1. The van der Waals surface area contributed by atoms with Crippen LogP contribution in [0, 0.1) is 5.92 Å². The van der Waals surface area contributed by atoms with Gasteiger partial charge in [0.25, 0.3) is 0 Å². The van der Waals surface area contributed by atoms with Crippen molar-refractivity contribution in [3.05, 3.63) is 12.4 Å². The predicted octanol–water partition coefficient (Wildman–Crippen LogP) is 0.993. The van der Waals surface area contributed by atoms with E-state index < -0.39 is 0 Å². The Kier molecular flexibility index (Phi) is 2.72. The number of hydrogen-bond donors (Lipinski definition) is 2. The van der Waals surface area contributed by atoms with E-state index in [1.54, 1.807) is 6.20 Å². The van der Waals surface area contributed by atoms with Gasteiger partial charge in [-0.2, -0.15) is 0 Å². The monoisotopic (exact) mass is 195 g/mol. The van der Waals surface area contributed by atoms with Crippen molar-refractivity contribution in [3.63, 3.8) is 0 Å². The van der Waals surface area contributed by atoms with Crippen LogP contribution in [0.15, 0.2) is 12.4 Å². The molecule has 1 saturated carbocycles. The first-order valence-corrected chi connectivity index (χ1v) is 5.16. The Balaban J connectivity index is 2.00. The second-order valence-electron chi connectivity index (χ2n) is 3.99. The molecule has 2 atom stereocenters. The minimum Gasteiger partial charge on any atom is -0.396 e.